The molecule has 1 N–H and O–H groups in total. The van der Waals surface area contributed by atoms with E-state index < -0.39 is 21.5 Å². The van der Waals surface area contributed by atoms with Crippen LogP contribution in [0.1, 0.15) is 19.8 Å². The first kappa shape index (κ1) is 13.2. The van der Waals surface area contributed by atoms with Gasteiger partial charge < -0.3 is 4.84 Å². The summed E-state index contributed by atoms with van der Waals surface area (Å²) in [6.45, 7) is 1.58. The Morgan fingerprint density at radius 1 is 1.43 bits per heavy atom. The van der Waals surface area contributed by atoms with Crippen LogP contribution in [0.2, 0.25) is 0 Å². The van der Waals surface area contributed by atoms with Crippen LogP contribution < -0.4 is 4.89 Å². The maximum atomic E-state index is 11.6. The lowest BCUT2D eigenvalue weighted by atomic mass is 10.3. The standard InChI is InChI=1S/C5H8F3NO4S/c1-2-3-4(10)13-9-14(11,12)5(6,7)8/h9H,2-3H2,1H3. The largest absolute Gasteiger partial charge is 0.514 e. The molecule has 0 spiro atoms. The molecule has 0 unspecified atom stereocenters. The summed E-state index contributed by atoms with van der Waals surface area (Å²) in [5.74, 6) is -1.07. The van der Waals surface area contributed by atoms with Crippen molar-refractivity contribution in [3.63, 3.8) is 0 Å². The molecule has 0 aromatic heterocycles. The van der Waals surface area contributed by atoms with Crippen LogP contribution >= 0.6 is 0 Å². The van der Waals surface area contributed by atoms with Crippen molar-refractivity contribution in [2.45, 2.75) is 25.3 Å². The fraction of sp³-hybridized carbons (Fsp3) is 0.800. The second kappa shape index (κ2) is 4.60. The first-order valence-corrected chi connectivity index (χ1v) is 4.96. The Balaban J connectivity index is 4.22. The highest BCUT2D eigenvalue weighted by Crippen LogP contribution is 2.21. The van der Waals surface area contributed by atoms with Crippen molar-refractivity contribution >= 4 is 16.0 Å². The molecule has 0 aliphatic rings. The normalized spacial score (nSPS) is 12.6. The molecule has 0 bridgehead atoms. The highest BCUT2D eigenvalue weighted by Gasteiger charge is 2.47. The van der Waals surface area contributed by atoms with Crippen LogP contribution in [0, 0.1) is 0 Å². The topological polar surface area (TPSA) is 72.5 Å². The molecule has 0 radical (unpaired) electrons. The van der Waals surface area contributed by atoms with E-state index in [1.807, 2.05) is 0 Å². The van der Waals surface area contributed by atoms with Gasteiger partial charge in [-0.05, 0) is 11.3 Å². The summed E-state index contributed by atoms with van der Waals surface area (Å²) in [5, 5.41) is 0. The van der Waals surface area contributed by atoms with Gasteiger partial charge in [0.15, 0.2) is 0 Å². The summed E-state index contributed by atoms with van der Waals surface area (Å²) >= 11 is 0. The zero-order valence-electron chi connectivity index (χ0n) is 7.09. The van der Waals surface area contributed by atoms with E-state index >= 15 is 0 Å². The molecule has 5 nitrogen and oxygen atoms in total. The molecule has 0 saturated carbocycles. The third-order valence-corrected chi connectivity index (χ3v) is 1.94. The average Bonchev–Trinajstić information content (AvgIpc) is 1.99. The van der Waals surface area contributed by atoms with Crippen molar-refractivity contribution in [1.82, 2.24) is 4.89 Å². The van der Waals surface area contributed by atoms with E-state index in [-0.39, 0.29) is 6.42 Å². The summed E-state index contributed by atoms with van der Waals surface area (Å²) in [5.41, 5.74) is -5.49. The molecule has 0 saturated heterocycles. The quantitative estimate of drug-likeness (QED) is 0.727. The van der Waals surface area contributed by atoms with E-state index in [0.29, 0.717) is 11.3 Å². The number of nitrogens with one attached hydrogen (secondary N) is 1. The number of halogens is 3. The molecule has 0 aromatic carbocycles. The van der Waals surface area contributed by atoms with Crippen LogP contribution in [-0.2, 0) is 19.7 Å². The van der Waals surface area contributed by atoms with Crippen LogP contribution in [0.3, 0.4) is 0 Å². The van der Waals surface area contributed by atoms with Gasteiger partial charge >= 0.3 is 21.5 Å². The minimum Gasteiger partial charge on any atom is -0.356 e. The van der Waals surface area contributed by atoms with Gasteiger partial charge in [0.05, 0.1) is 0 Å². The van der Waals surface area contributed by atoms with Gasteiger partial charge in [-0.15, -0.1) is 0 Å². The summed E-state index contributed by atoms with van der Waals surface area (Å²) < 4.78 is 55.4. The zero-order chi connectivity index (χ0) is 11.4. The Kier molecular flexibility index (Phi) is 4.33. The lowest BCUT2D eigenvalue weighted by molar-refractivity contribution is -0.147. The van der Waals surface area contributed by atoms with Crippen molar-refractivity contribution in [3.8, 4) is 0 Å². The van der Waals surface area contributed by atoms with E-state index in [2.05, 4.69) is 4.84 Å². The van der Waals surface area contributed by atoms with E-state index in [9.17, 15) is 26.4 Å². The molecule has 0 aliphatic heterocycles. The SMILES string of the molecule is CCCC(=O)ONS(=O)(=O)C(F)(F)F. The molecular formula is C5H8F3NO4S. The van der Waals surface area contributed by atoms with Crippen molar-refractivity contribution in [3.05, 3.63) is 0 Å². The fourth-order valence-corrected chi connectivity index (χ4v) is 0.701. The molecule has 0 heterocycles. The number of rotatable bonds is 4. The number of sulfonamides is 1. The van der Waals surface area contributed by atoms with Crippen molar-refractivity contribution < 1.29 is 31.2 Å². The Morgan fingerprint density at radius 2 is 1.93 bits per heavy atom. The van der Waals surface area contributed by atoms with E-state index in [1.165, 1.54) is 0 Å². The highest BCUT2D eigenvalue weighted by atomic mass is 32.2. The number of carbonyl (C=O) groups is 1. The minimum atomic E-state index is -5.60. The first-order chi connectivity index (χ1) is 6.20. The predicted octanol–water partition coefficient (Wildman–Crippen LogP) is 0.684. The maximum Gasteiger partial charge on any atom is 0.514 e. The third kappa shape index (κ3) is 3.92. The molecule has 14 heavy (non-hydrogen) atoms. The van der Waals surface area contributed by atoms with Crippen LogP contribution in [0.5, 0.6) is 0 Å². The number of carbonyl (C=O) groups excluding carboxylic acids is 1. The fourth-order valence-electron chi connectivity index (χ4n) is 0.404. The molecule has 0 atom stereocenters. The smallest absolute Gasteiger partial charge is 0.356 e. The third-order valence-electron chi connectivity index (χ3n) is 1.02. The van der Waals surface area contributed by atoms with Crippen molar-refractivity contribution in [2.24, 2.45) is 0 Å². The highest BCUT2D eigenvalue weighted by molar-refractivity contribution is 7.90. The maximum absolute atomic E-state index is 11.6. The number of alkyl halides is 3. The first-order valence-electron chi connectivity index (χ1n) is 3.48. The van der Waals surface area contributed by atoms with Crippen molar-refractivity contribution in [2.75, 3.05) is 0 Å². The second-order valence-corrected chi connectivity index (χ2v) is 3.89. The van der Waals surface area contributed by atoms with Gasteiger partial charge in [-0.3, -0.25) is 4.79 Å². The number of hydrogen-bond acceptors (Lipinski definition) is 4. The Hall–Kier alpha value is -0.830. The minimum absolute atomic E-state index is 0.166. The molecular weight excluding hydrogens is 227 g/mol. The molecule has 84 valence electrons. The second-order valence-electron chi connectivity index (χ2n) is 2.26. The molecule has 0 amide bonds. The summed E-state index contributed by atoms with van der Waals surface area (Å²) in [7, 11) is -5.60. The van der Waals surface area contributed by atoms with Gasteiger partial charge in [-0.2, -0.15) is 21.6 Å². The zero-order valence-corrected chi connectivity index (χ0v) is 7.91. The van der Waals surface area contributed by atoms with Gasteiger partial charge in [-0.25, -0.2) is 0 Å². The van der Waals surface area contributed by atoms with Crippen LogP contribution in [-0.4, -0.2) is 19.9 Å². The van der Waals surface area contributed by atoms with E-state index in [4.69, 9.17) is 0 Å². The van der Waals surface area contributed by atoms with Crippen LogP contribution in [0.25, 0.3) is 0 Å². The van der Waals surface area contributed by atoms with Gasteiger partial charge in [0.1, 0.15) is 0 Å². The van der Waals surface area contributed by atoms with Crippen molar-refractivity contribution in [1.29, 1.82) is 0 Å². The Bertz CT molecular complexity index is 297. The van der Waals surface area contributed by atoms with Gasteiger partial charge in [-0.1, -0.05) is 6.92 Å². The van der Waals surface area contributed by atoms with Crippen LogP contribution in [0.4, 0.5) is 13.2 Å². The van der Waals surface area contributed by atoms with Gasteiger partial charge in [0, 0.05) is 6.42 Å². The van der Waals surface area contributed by atoms with Gasteiger partial charge in [0.25, 0.3) is 0 Å². The molecule has 9 heteroatoms. The van der Waals surface area contributed by atoms with Crippen LogP contribution in [0.15, 0.2) is 0 Å². The molecule has 0 aliphatic carbocycles. The Labute approximate surface area is 78.2 Å². The summed E-state index contributed by atoms with van der Waals surface area (Å²) in [6, 6.07) is 0. The molecule has 0 aromatic rings. The van der Waals surface area contributed by atoms with E-state index in [1.54, 1.807) is 6.92 Å². The Morgan fingerprint density at radius 3 is 2.29 bits per heavy atom. The summed E-state index contributed by atoms with van der Waals surface area (Å²) in [4.78, 5) is 14.9. The monoisotopic (exact) mass is 235 g/mol. The number of hydrogen-bond donors (Lipinski definition) is 1. The molecule has 0 fully saturated rings. The lowest BCUT2D eigenvalue weighted by Crippen LogP contribution is -2.37. The van der Waals surface area contributed by atoms with E-state index in [0.717, 1.165) is 0 Å². The summed E-state index contributed by atoms with van der Waals surface area (Å²) in [6.07, 6.45) is 0.174. The predicted molar refractivity (Wildman–Crippen MR) is 39.1 cm³/mol. The lowest BCUT2D eigenvalue weighted by Gasteiger charge is -2.08. The van der Waals surface area contributed by atoms with Gasteiger partial charge in [0.2, 0.25) is 0 Å². The molecule has 0 rings (SSSR count). The average molecular weight is 235 g/mol.